The predicted octanol–water partition coefficient (Wildman–Crippen LogP) is 1.40. The van der Waals surface area contributed by atoms with Crippen LogP contribution in [0.15, 0.2) is 18.2 Å². The van der Waals surface area contributed by atoms with Gasteiger partial charge in [-0.1, -0.05) is 20.8 Å². The Morgan fingerprint density at radius 2 is 1.64 bits per heavy atom. The van der Waals surface area contributed by atoms with Gasteiger partial charge in [0.25, 0.3) is 5.91 Å². The maximum atomic E-state index is 12.7. The van der Waals surface area contributed by atoms with Crippen molar-refractivity contribution in [3.8, 4) is 0 Å². The van der Waals surface area contributed by atoms with Crippen LogP contribution in [0.3, 0.4) is 0 Å². The molecule has 1 aromatic rings. The number of anilines is 2. The zero-order valence-corrected chi connectivity index (χ0v) is 17.3. The van der Waals surface area contributed by atoms with Crippen molar-refractivity contribution in [3.05, 3.63) is 23.8 Å². The number of nitrogens with two attached hydrogens (primary N) is 1. The van der Waals surface area contributed by atoms with Gasteiger partial charge in [0.15, 0.2) is 0 Å². The second-order valence-electron chi connectivity index (χ2n) is 8.92. The molecule has 154 valence electrons. The van der Waals surface area contributed by atoms with E-state index in [1.165, 1.54) is 0 Å². The molecule has 0 bridgehead atoms. The lowest BCUT2D eigenvalue weighted by molar-refractivity contribution is -0.133. The Morgan fingerprint density at radius 3 is 2.21 bits per heavy atom. The molecule has 2 aliphatic rings. The van der Waals surface area contributed by atoms with Gasteiger partial charge < -0.3 is 25.8 Å². The lowest BCUT2D eigenvalue weighted by atomic mass is 9.91. The summed E-state index contributed by atoms with van der Waals surface area (Å²) in [5.41, 5.74) is 8.50. The molecule has 3 rings (SSSR count). The number of hydrogen-bond donors (Lipinski definition) is 2. The molecule has 0 unspecified atom stereocenters. The van der Waals surface area contributed by atoms with Gasteiger partial charge in [0.1, 0.15) is 0 Å². The molecule has 28 heavy (non-hydrogen) atoms. The summed E-state index contributed by atoms with van der Waals surface area (Å²) in [7, 11) is 0. The second-order valence-corrected chi connectivity index (χ2v) is 8.92. The van der Waals surface area contributed by atoms with Crippen LogP contribution in [0.5, 0.6) is 0 Å². The molecule has 0 spiro atoms. The first kappa shape index (κ1) is 20.5. The second kappa shape index (κ2) is 8.39. The molecule has 3 N–H and O–H groups in total. The minimum absolute atomic E-state index is 0.00539. The zero-order valence-electron chi connectivity index (χ0n) is 17.3. The van der Waals surface area contributed by atoms with Crippen LogP contribution in [0.25, 0.3) is 0 Å². The van der Waals surface area contributed by atoms with Crippen molar-refractivity contribution in [2.24, 2.45) is 5.41 Å². The van der Waals surface area contributed by atoms with Gasteiger partial charge in [-0.3, -0.25) is 9.59 Å². The predicted molar refractivity (Wildman–Crippen MR) is 112 cm³/mol. The van der Waals surface area contributed by atoms with Crippen LogP contribution in [0.4, 0.5) is 11.4 Å². The van der Waals surface area contributed by atoms with Gasteiger partial charge in [-0.2, -0.15) is 0 Å². The Morgan fingerprint density at radius 1 is 1.00 bits per heavy atom. The molecule has 0 atom stereocenters. The molecule has 0 radical (unpaired) electrons. The number of carbonyl (C=O) groups is 2. The Hall–Kier alpha value is -2.28. The number of rotatable bonds is 3. The minimum Gasteiger partial charge on any atom is -0.397 e. The van der Waals surface area contributed by atoms with Gasteiger partial charge in [-0.15, -0.1) is 0 Å². The number of hydrogen-bond acceptors (Lipinski definition) is 5. The lowest BCUT2D eigenvalue weighted by Crippen LogP contribution is -2.49. The summed E-state index contributed by atoms with van der Waals surface area (Å²) in [5.74, 6) is 0.259. The maximum Gasteiger partial charge on any atom is 0.254 e. The molecule has 2 heterocycles. The SMILES string of the molecule is CC(C)(C)CC(=O)N1CCN(c2ccc(C(=O)N3CCNCC3)cc2N)CC1. The van der Waals surface area contributed by atoms with Gasteiger partial charge >= 0.3 is 0 Å². The molecular formula is C21H33N5O2. The summed E-state index contributed by atoms with van der Waals surface area (Å²) in [5, 5.41) is 3.26. The van der Waals surface area contributed by atoms with E-state index in [4.69, 9.17) is 5.73 Å². The molecule has 2 fully saturated rings. The summed E-state index contributed by atoms with van der Waals surface area (Å²) in [6.45, 7) is 12.3. The van der Waals surface area contributed by atoms with E-state index in [0.717, 1.165) is 45.0 Å². The molecule has 2 aliphatic heterocycles. The van der Waals surface area contributed by atoms with Gasteiger partial charge in [0, 0.05) is 64.3 Å². The van der Waals surface area contributed by atoms with Crippen molar-refractivity contribution >= 4 is 23.2 Å². The molecule has 2 amide bonds. The monoisotopic (exact) mass is 387 g/mol. The molecule has 1 aromatic carbocycles. The number of piperazine rings is 2. The van der Waals surface area contributed by atoms with Crippen LogP contribution >= 0.6 is 0 Å². The van der Waals surface area contributed by atoms with Crippen molar-refractivity contribution in [3.63, 3.8) is 0 Å². The minimum atomic E-state index is 0.00539. The van der Waals surface area contributed by atoms with Crippen LogP contribution in [-0.4, -0.2) is 74.0 Å². The fraction of sp³-hybridized carbons (Fsp3) is 0.619. The molecule has 0 saturated carbocycles. The zero-order chi connectivity index (χ0) is 20.3. The topological polar surface area (TPSA) is 81.9 Å². The van der Waals surface area contributed by atoms with Crippen LogP contribution < -0.4 is 16.0 Å². The molecule has 0 aliphatic carbocycles. The highest BCUT2D eigenvalue weighted by Crippen LogP contribution is 2.27. The van der Waals surface area contributed by atoms with Crippen molar-refractivity contribution in [2.45, 2.75) is 27.2 Å². The van der Waals surface area contributed by atoms with Crippen molar-refractivity contribution in [1.29, 1.82) is 0 Å². The fourth-order valence-electron chi connectivity index (χ4n) is 3.79. The smallest absolute Gasteiger partial charge is 0.254 e. The Bertz CT molecular complexity index is 714. The van der Waals surface area contributed by atoms with Gasteiger partial charge in [0.05, 0.1) is 11.4 Å². The van der Waals surface area contributed by atoms with E-state index in [1.54, 1.807) is 6.07 Å². The molecule has 0 aromatic heterocycles. The lowest BCUT2D eigenvalue weighted by Gasteiger charge is -2.37. The summed E-state index contributed by atoms with van der Waals surface area (Å²) in [6, 6.07) is 5.60. The highest BCUT2D eigenvalue weighted by molar-refractivity contribution is 5.96. The van der Waals surface area contributed by atoms with Gasteiger partial charge in [-0.05, 0) is 23.6 Å². The van der Waals surface area contributed by atoms with Crippen LogP contribution in [0.2, 0.25) is 0 Å². The number of nitrogens with one attached hydrogen (secondary N) is 1. The maximum absolute atomic E-state index is 12.7. The summed E-state index contributed by atoms with van der Waals surface area (Å²) < 4.78 is 0. The number of nitrogens with zero attached hydrogens (tertiary/aromatic N) is 3. The van der Waals surface area contributed by atoms with Crippen LogP contribution in [0, 0.1) is 5.41 Å². The highest BCUT2D eigenvalue weighted by atomic mass is 16.2. The summed E-state index contributed by atoms with van der Waals surface area (Å²) >= 11 is 0. The van der Waals surface area contributed by atoms with E-state index in [9.17, 15) is 9.59 Å². The van der Waals surface area contributed by atoms with E-state index >= 15 is 0 Å². The molecule has 7 heteroatoms. The third-order valence-electron chi connectivity index (χ3n) is 5.33. The Labute approximate surface area is 167 Å². The average molecular weight is 388 g/mol. The first-order chi connectivity index (χ1) is 13.2. The summed E-state index contributed by atoms with van der Waals surface area (Å²) in [4.78, 5) is 31.1. The van der Waals surface area contributed by atoms with Crippen molar-refractivity contribution < 1.29 is 9.59 Å². The highest BCUT2D eigenvalue weighted by Gasteiger charge is 2.26. The first-order valence-corrected chi connectivity index (χ1v) is 10.2. The molecule has 7 nitrogen and oxygen atoms in total. The van der Waals surface area contributed by atoms with Crippen LogP contribution in [-0.2, 0) is 4.79 Å². The molecule has 2 saturated heterocycles. The Kier molecular flexibility index (Phi) is 6.13. The standard InChI is InChI=1S/C21H33N5O2/c1-21(2,3)15-19(27)25-12-10-24(11-13-25)18-5-4-16(14-17(18)22)20(28)26-8-6-23-7-9-26/h4-5,14,23H,6-13,15,22H2,1-3H3. The number of amides is 2. The van der Waals surface area contributed by atoms with Crippen molar-refractivity contribution in [2.75, 3.05) is 63.0 Å². The number of benzene rings is 1. The van der Waals surface area contributed by atoms with E-state index in [-0.39, 0.29) is 17.2 Å². The average Bonchev–Trinajstić information content (AvgIpc) is 2.67. The molecular weight excluding hydrogens is 354 g/mol. The van der Waals surface area contributed by atoms with Crippen LogP contribution in [0.1, 0.15) is 37.6 Å². The normalized spacial score (nSPS) is 18.3. The van der Waals surface area contributed by atoms with E-state index in [2.05, 4.69) is 31.0 Å². The van der Waals surface area contributed by atoms with E-state index in [0.29, 0.717) is 30.8 Å². The number of nitrogen functional groups attached to an aromatic ring is 1. The van der Waals surface area contributed by atoms with Gasteiger partial charge in [-0.25, -0.2) is 0 Å². The summed E-state index contributed by atoms with van der Waals surface area (Å²) in [6.07, 6.45) is 0.567. The van der Waals surface area contributed by atoms with Gasteiger partial charge in [0.2, 0.25) is 5.91 Å². The third-order valence-corrected chi connectivity index (χ3v) is 5.33. The first-order valence-electron chi connectivity index (χ1n) is 10.2. The quantitative estimate of drug-likeness (QED) is 0.766. The van der Waals surface area contributed by atoms with E-state index in [1.807, 2.05) is 21.9 Å². The largest absolute Gasteiger partial charge is 0.397 e. The van der Waals surface area contributed by atoms with Crippen molar-refractivity contribution in [1.82, 2.24) is 15.1 Å². The number of carbonyl (C=O) groups excluding carboxylic acids is 2. The van der Waals surface area contributed by atoms with E-state index < -0.39 is 0 Å². The fourth-order valence-corrected chi connectivity index (χ4v) is 3.79. The third kappa shape index (κ3) is 4.95. The Balaban J connectivity index is 1.61.